The fourth-order valence-electron chi connectivity index (χ4n) is 4.54. The molecule has 0 aromatic rings. The number of methoxy groups -OCH3 is 1. The number of fused-ring (bicyclic) bond motifs is 1. The van der Waals surface area contributed by atoms with Gasteiger partial charge < -0.3 is 14.9 Å². The zero-order chi connectivity index (χ0) is 18.8. The topological polar surface area (TPSA) is 66.8 Å². The van der Waals surface area contributed by atoms with E-state index in [1.807, 2.05) is 0 Å². The van der Waals surface area contributed by atoms with Crippen LogP contribution in [0.15, 0.2) is 23.8 Å². The lowest BCUT2D eigenvalue weighted by Gasteiger charge is -2.27. The standard InChI is InChI=1S/C22H36O4/c1-26-22(25)11-8-9-17-12-13-19-18(15-17)16-21(24)20(19)10-6-4-2-3-5-7-14-23/h6,10,15,18-21,23-24H,2-5,7-9,11-14,16H2,1H3/t18-,19+,20+,21+/m1/s1. The van der Waals surface area contributed by atoms with Gasteiger partial charge in [0.05, 0.1) is 13.2 Å². The van der Waals surface area contributed by atoms with Gasteiger partial charge in [0.1, 0.15) is 0 Å². The van der Waals surface area contributed by atoms with E-state index in [0.717, 1.165) is 57.8 Å². The second-order valence-electron chi connectivity index (χ2n) is 7.86. The Morgan fingerprint density at radius 1 is 1.27 bits per heavy atom. The van der Waals surface area contributed by atoms with Crippen molar-refractivity contribution in [3.05, 3.63) is 23.8 Å². The number of carbonyl (C=O) groups excluding carboxylic acids is 1. The Morgan fingerprint density at radius 2 is 2.08 bits per heavy atom. The zero-order valence-corrected chi connectivity index (χ0v) is 16.2. The van der Waals surface area contributed by atoms with Gasteiger partial charge in [0.2, 0.25) is 0 Å². The summed E-state index contributed by atoms with van der Waals surface area (Å²) < 4.78 is 4.70. The lowest BCUT2D eigenvalue weighted by molar-refractivity contribution is -0.140. The third-order valence-corrected chi connectivity index (χ3v) is 5.99. The molecule has 26 heavy (non-hydrogen) atoms. The van der Waals surface area contributed by atoms with Crippen LogP contribution in [0.4, 0.5) is 0 Å². The Bertz CT molecular complexity index is 483. The van der Waals surface area contributed by atoms with Gasteiger partial charge in [0.15, 0.2) is 0 Å². The summed E-state index contributed by atoms with van der Waals surface area (Å²) in [4.78, 5) is 11.2. The first-order valence-corrected chi connectivity index (χ1v) is 10.4. The minimum absolute atomic E-state index is 0.128. The van der Waals surface area contributed by atoms with E-state index in [1.54, 1.807) is 0 Å². The van der Waals surface area contributed by atoms with Gasteiger partial charge in [-0.15, -0.1) is 0 Å². The minimum atomic E-state index is -0.221. The number of unbranched alkanes of at least 4 members (excludes halogenated alkanes) is 4. The van der Waals surface area contributed by atoms with Crippen molar-refractivity contribution in [2.24, 2.45) is 17.8 Å². The van der Waals surface area contributed by atoms with Crippen LogP contribution in [0.3, 0.4) is 0 Å². The van der Waals surface area contributed by atoms with E-state index in [-0.39, 0.29) is 12.1 Å². The first-order valence-electron chi connectivity index (χ1n) is 10.4. The summed E-state index contributed by atoms with van der Waals surface area (Å²) in [6.45, 7) is 0.297. The van der Waals surface area contributed by atoms with Crippen molar-refractivity contribution in [1.29, 1.82) is 0 Å². The molecule has 0 aromatic carbocycles. The SMILES string of the molecule is COC(=O)CCCC1=C[C@@H]2C[C@H](O)[C@@H](C=CCCCCCCO)[C@H]2CC1. The summed E-state index contributed by atoms with van der Waals surface area (Å²) in [5.74, 6) is 1.23. The highest BCUT2D eigenvalue weighted by molar-refractivity contribution is 5.69. The molecular formula is C22H36O4. The molecule has 4 nitrogen and oxygen atoms in total. The molecule has 2 N–H and O–H groups in total. The molecule has 0 unspecified atom stereocenters. The lowest BCUT2D eigenvalue weighted by atomic mass is 9.78. The smallest absolute Gasteiger partial charge is 0.305 e. The third kappa shape index (κ3) is 6.55. The van der Waals surface area contributed by atoms with Crippen LogP contribution in [-0.4, -0.2) is 36.0 Å². The van der Waals surface area contributed by atoms with E-state index in [9.17, 15) is 9.90 Å². The Kier molecular flexibility index (Phi) is 9.41. The molecule has 2 rings (SSSR count). The Balaban J connectivity index is 1.75. The maximum atomic E-state index is 11.2. The van der Waals surface area contributed by atoms with E-state index in [2.05, 4.69) is 18.2 Å². The molecule has 0 spiro atoms. The highest BCUT2D eigenvalue weighted by Gasteiger charge is 2.41. The van der Waals surface area contributed by atoms with Gasteiger partial charge in [-0.25, -0.2) is 0 Å². The van der Waals surface area contributed by atoms with Crippen LogP contribution in [0.2, 0.25) is 0 Å². The molecule has 4 heteroatoms. The minimum Gasteiger partial charge on any atom is -0.469 e. The van der Waals surface area contributed by atoms with Gasteiger partial charge in [-0.05, 0) is 63.2 Å². The fraction of sp³-hybridized carbons (Fsp3) is 0.773. The van der Waals surface area contributed by atoms with Crippen molar-refractivity contribution in [2.45, 2.75) is 76.7 Å². The lowest BCUT2D eigenvalue weighted by Crippen LogP contribution is -2.20. The van der Waals surface area contributed by atoms with Crippen LogP contribution in [0.25, 0.3) is 0 Å². The summed E-state index contributed by atoms with van der Waals surface area (Å²) in [6.07, 6.45) is 17.5. The van der Waals surface area contributed by atoms with E-state index < -0.39 is 0 Å². The van der Waals surface area contributed by atoms with E-state index in [4.69, 9.17) is 9.84 Å². The van der Waals surface area contributed by atoms with Gasteiger partial charge in [0.25, 0.3) is 0 Å². The average Bonchev–Trinajstić information content (AvgIpc) is 2.95. The molecular weight excluding hydrogens is 328 g/mol. The monoisotopic (exact) mass is 364 g/mol. The fourth-order valence-corrected chi connectivity index (χ4v) is 4.54. The van der Waals surface area contributed by atoms with Crippen LogP contribution in [0.5, 0.6) is 0 Å². The van der Waals surface area contributed by atoms with Crippen molar-refractivity contribution in [1.82, 2.24) is 0 Å². The summed E-state index contributed by atoms with van der Waals surface area (Å²) in [5.41, 5.74) is 1.45. The number of hydrogen-bond acceptors (Lipinski definition) is 4. The van der Waals surface area contributed by atoms with Gasteiger partial charge in [-0.2, -0.15) is 0 Å². The Hall–Kier alpha value is -1.13. The van der Waals surface area contributed by atoms with Gasteiger partial charge in [0, 0.05) is 18.9 Å². The highest BCUT2D eigenvalue weighted by Crippen LogP contribution is 2.46. The number of carbonyl (C=O) groups is 1. The van der Waals surface area contributed by atoms with Crippen molar-refractivity contribution >= 4 is 5.97 Å². The number of ether oxygens (including phenoxy) is 1. The summed E-state index contributed by atoms with van der Waals surface area (Å²) in [5, 5.41) is 19.3. The zero-order valence-electron chi connectivity index (χ0n) is 16.2. The van der Waals surface area contributed by atoms with Crippen LogP contribution >= 0.6 is 0 Å². The van der Waals surface area contributed by atoms with E-state index in [1.165, 1.54) is 19.1 Å². The molecule has 0 aromatic heterocycles. The van der Waals surface area contributed by atoms with Crippen LogP contribution in [0.1, 0.15) is 70.6 Å². The van der Waals surface area contributed by atoms with Crippen LogP contribution < -0.4 is 0 Å². The predicted molar refractivity (Wildman–Crippen MR) is 104 cm³/mol. The van der Waals surface area contributed by atoms with E-state index in [0.29, 0.717) is 30.8 Å². The highest BCUT2D eigenvalue weighted by atomic mass is 16.5. The van der Waals surface area contributed by atoms with Gasteiger partial charge in [-0.1, -0.05) is 36.6 Å². The average molecular weight is 365 g/mol. The van der Waals surface area contributed by atoms with Crippen molar-refractivity contribution in [2.75, 3.05) is 13.7 Å². The van der Waals surface area contributed by atoms with Crippen molar-refractivity contribution < 1.29 is 19.7 Å². The predicted octanol–water partition coefficient (Wildman–Crippen LogP) is 4.16. The molecule has 0 saturated heterocycles. The maximum Gasteiger partial charge on any atom is 0.305 e. The molecule has 0 aliphatic heterocycles. The van der Waals surface area contributed by atoms with Gasteiger partial charge in [-0.3, -0.25) is 4.79 Å². The molecule has 2 aliphatic carbocycles. The Labute approximate surface area is 158 Å². The molecule has 1 fully saturated rings. The molecule has 0 bridgehead atoms. The number of hydrogen-bond donors (Lipinski definition) is 2. The molecule has 4 atom stereocenters. The van der Waals surface area contributed by atoms with Crippen molar-refractivity contribution in [3.8, 4) is 0 Å². The first-order chi connectivity index (χ1) is 12.7. The number of aliphatic hydroxyl groups excluding tert-OH is 2. The Morgan fingerprint density at radius 3 is 2.85 bits per heavy atom. The summed E-state index contributed by atoms with van der Waals surface area (Å²) in [7, 11) is 1.44. The van der Waals surface area contributed by atoms with Crippen molar-refractivity contribution in [3.63, 3.8) is 0 Å². The van der Waals surface area contributed by atoms with E-state index >= 15 is 0 Å². The molecule has 0 amide bonds. The second-order valence-corrected chi connectivity index (χ2v) is 7.86. The van der Waals surface area contributed by atoms with Crippen LogP contribution in [0, 0.1) is 17.8 Å². The summed E-state index contributed by atoms with van der Waals surface area (Å²) >= 11 is 0. The normalized spacial score (nSPS) is 28.2. The first kappa shape index (κ1) is 21.2. The molecule has 2 aliphatic rings. The van der Waals surface area contributed by atoms with Crippen LogP contribution in [-0.2, 0) is 9.53 Å². The molecule has 0 radical (unpaired) electrons. The number of aliphatic hydroxyl groups is 2. The van der Waals surface area contributed by atoms with Gasteiger partial charge >= 0.3 is 5.97 Å². The quantitative estimate of drug-likeness (QED) is 0.328. The number of allylic oxidation sites excluding steroid dienone is 3. The molecule has 148 valence electrons. The molecule has 1 saturated carbocycles. The number of esters is 1. The number of rotatable bonds is 11. The summed E-state index contributed by atoms with van der Waals surface area (Å²) in [6, 6.07) is 0. The second kappa shape index (κ2) is 11.6. The maximum absolute atomic E-state index is 11.2. The molecule has 0 heterocycles. The third-order valence-electron chi connectivity index (χ3n) is 5.99. The largest absolute Gasteiger partial charge is 0.469 e.